The zero-order valence-corrected chi connectivity index (χ0v) is 12.8. The molecule has 4 heteroatoms. The van der Waals surface area contributed by atoms with Gasteiger partial charge in [0, 0.05) is 28.7 Å². The van der Waals surface area contributed by atoms with Crippen LogP contribution in [0.4, 0.5) is 0 Å². The highest BCUT2D eigenvalue weighted by atomic mass is 35.5. The minimum Gasteiger partial charge on any atom is -0.388 e. The summed E-state index contributed by atoms with van der Waals surface area (Å²) in [4.78, 5) is 2.43. The van der Waals surface area contributed by atoms with Crippen molar-refractivity contribution in [3.63, 3.8) is 0 Å². The van der Waals surface area contributed by atoms with Crippen LogP contribution in [-0.2, 0) is 0 Å². The Morgan fingerprint density at radius 1 is 1.42 bits per heavy atom. The normalized spacial score (nSPS) is 22.4. The maximum atomic E-state index is 10.3. The Kier molecular flexibility index (Phi) is 5.52. The Morgan fingerprint density at radius 2 is 2.21 bits per heavy atom. The highest BCUT2D eigenvalue weighted by Gasteiger charge is 2.18. The lowest BCUT2D eigenvalue weighted by Gasteiger charge is -2.31. The summed E-state index contributed by atoms with van der Waals surface area (Å²) < 4.78 is 0. The Balaban J connectivity index is 1.90. The second kappa shape index (κ2) is 6.94. The number of nitrogens with zero attached hydrogens (tertiary/aromatic N) is 1. The van der Waals surface area contributed by atoms with Crippen molar-refractivity contribution >= 4 is 23.2 Å². The molecule has 106 valence electrons. The van der Waals surface area contributed by atoms with Crippen molar-refractivity contribution in [3.05, 3.63) is 33.8 Å². The van der Waals surface area contributed by atoms with E-state index < -0.39 is 6.10 Å². The highest BCUT2D eigenvalue weighted by Crippen LogP contribution is 2.28. The van der Waals surface area contributed by atoms with Crippen LogP contribution in [0.2, 0.25) is 10.0 Å². The zero-order valence-electron chi connectivity index (χ0n) is 11.3. The number of hydrogen-bond acceptors (Lipinski definition) is 2. The molecule has 1 N–H and O–H groups in total. The average molecular weight is 302 g/mol. The lowest BCUT2D eigenvalue weighted by atomic mass is 9.99. The minimum atomic E-state index is -0.538. The summed E-state index contributed by atoms with van der Waals surface area (Å²) >= 11 is 12.1. The second-order valence-electron chi connectivity index (χ2n) is 5.52. The molecule has 2 atom stereocenters. The van der Waals surface area contributed by atoms with E-state index in [1.54, 1.807) is 18.2 Å². The number of aliphatic hydroxyl groups is 1. The van der Waals surface area contributed by atoms with Crippen LogP contribution >= 0.6 is 23.2 Å². The SMILES string of the molecule is CC1CCCN(CCC(O)c2cc(Cl)ccc2Cl)C1. The van der Waals surface area contributed by atoms with Gasteiger partial charge in [-0.1, -0.05) is 30.1 Å². The number of halogens is 2. The maximum Gasteiger partial charge on any atom is 0.0817 e. The van der Waals surface area contributed by atoms with Crippen LogP contribution in [0, 0.1) is 5.92 Å². The van der Waals surface area contributed by atoms with Crippen molar-refractivity contribution in [1.82, 2.24) is 4.90 Å². The number of aliphatic hydroxyl groups excluding tert-OH is 1. The van der Waals surface area contributed by atoms with Crippen molar-refractivity contribution in [2.45, 2.75) is 32.3 Å². The first-order valence-electron chi connectivity index (χ1n) is 6.91. The largest absolute Gasteiger partial charge is 0.388 e. The first-order chi connectivity index (χ1) is 9.06. The van der Waals surface area contributed by atoms with E-state index >= 15 is 0 Å². The molecular weight excluding hydrogens is 281 g/mol. The van der Waals surface area contributed by atoms with Gasteiger partial charge in [-0.05, 0) is 49.9 Å². The van der Waals surface area contributed by atoms with E-state index in [0.29, 0.717) is 16.5 Å². The summed E-state index contributed by atoms with van der Waals surface area (Å²) in [5.74, 6) is 0.764. The molecule has 1 heterocycles. The number of likely N-dealkylation sites (tertiary alicyclic amines) is 1. The third kappa shape index (κ3) is 4.35. The molecule has 0 radical (unpaired) electrons. The minimum absolute atomic E-state index is 0.538. The standard InChI is InChI=1S/C15H21Cl2NO/c1-11-3-2-7-18(10-11)8-6-15(19)13-9-12(16)4-5-14(13)17/h4-5,9,11,15,19H,2-3,6-8,10H2,1H3. The fourth-order valence-corrected chi connectivity index (χ4v) is 3.14. The van der Waals surface area contributed by atoms with Gasteiger partial charge in [0.05, 0.1) is 6.10 Å². The molecule has 19 heavy (non-hydrogen) atoms. The summed E-state index contributed by atoms with van der Waals surface area (Å²) in [7, 11) is 0. The van der Waals surface area contributed by atoms with Crippen molar-refractivity contribution in [1.29, 1.82) is 0 Å². The number of benzene rings is 1. The van der Waals surface area contributed by atoms with Gasteiger partial charge in [-0.3, -0.25) is 0 Å². The van der Waals surface area contributed by atoms with Crippen molar-refractivity contribution < 1.29 is 5.11 Å². The van der Waals surface area contributed by atoms with Crippen LogP contribution in [-0.4, -0.2) is 29.6 Å². The van der Waals surface area contributed by atoms with Gasteiger partial charge in [0.15, 0.2) is 0 Å². The van der Waals surface area contributed by atoms with Gasteiger partial charge in [-0.2, -0.15) is 0 Å². The summed E-state index contributed by atoms with van der Waals surface area (Å²) in [5.41, 5.74) is 0.735. The molecule has 1 aliphatic heterocycles. The van der Waals surface area contributed by atoms with Crippen LogP contribution in [0.5, 0.6) is 0 Å². The molecule has 2 unspecified atom stereocenters. The van der Waals surface area contributed by atoms with Crippen LogP contribution in [0.25, 0.3) is 0 Å². The Labute approximate surface area is 125 Å². The molecule has 1 saturated heterocycles. The van der Waals surface area contributed by atoms with E-state index in [9.17, 15) is 5.11 Å². The molecule has 2 nitrogen and oxygen atoms in total. The van der Waals surface area contributed by atoms with E-state index in [2.05, 4.69) is 11.8 Å². The molecule has 0 bridgehead atoms. The van der Waals surface area contributed by atoms with Gasteiger partial charge in [0.25, 0.3) is 0 Å². The van der Waals surface area contributed by atoms with E-state index in [0.717, 1.165) is 31.1 Å². The molecule has 0 spiro atoms. The first-order valence-corrected chi connectivity index (χ1v) is 7.67. The molecule has 1 aromatic carbocycles. The average Bonchev–Trinajstić information content (AvgIpc) is 2.39. The third-order valence-corrected chi connectivity index (χ3v) is 4.36. The fraction of sp³-hybridized carbons (Fsp3) is 0.600. The lowest BCUT2D eigenvalue weighted by Crippen LogP contribution is -2.35. The molecule has 1 aromatic rings. The highest BCUT2D eigenvalue weighted by molar-refractivity contribution is 6.33. The van der Waals surface area contributed by atoms with Gasteiger partial charge in [-0.15, -0.1) is 0 Å². The van der Waals surface area contributed by atoms with Crippen LogP contribution in [0.3, 0.4) is 0 Å². The van der Waals surface area contributed by atoms with E-state index in [1.165, 1.54) is 12.8 Å². The van der Waals surface area contributed by atoms with Crippen molar-refractivity contribution in [2.24, 2.45) is 5.92 Å². The number of rotatable bonds is 4. The van der Waals surface area contributed by atoms with Crippen molar-refractivity contribution in [3.8, 4) is 0 Å². The van der Waals surface area contributed by atoms with E-state index in [1.807, 2.05) is 0 Å². The maximum absolute atomic E-state index is 10.3. The van der Waals surface area contributed by atoms with E-state index in [-0.39, 0.29) is 0 Å². The molecule has 2 rings (SSSR count). The quantitative estimate of drug-likeness (QED) is 0.903. The van der Waals surface area contributed by atoms with Crippen molar-refractivity contribution in [2.75, 3.05) is 19.6 Å². The lowest BCUT2D eigenvalue weighted by molar-refractivity contribution is 0.122. The van der Waals surface area contributed by atoms with Crippen LogP contribution < -0.4 is 0 Å². The number of hydrogen-bond donors (Lipinski definition) is 1. The molecule has 1 fully saturated rings. The topological polar surface area (TPSA) is 23.5 Å². The van der Waals surface area contributed by atoms with Gasteiger partial charge < -0.3 is 10.0 Å². The Bertz CT molecular complexity index is 425. The van der Waals surface area contributed by atoms with Crippen LogP contribution in [0.15, 0.2) is 18.2 Å². The number of piperidine rings is 1. The predicted molar refractivity (Wildman–Crippen MR) is 80.9 cm³/mol. The third-order valence-electron chi connectivity index (χ3n) is 3.78. The van der Waals surface area contributed by atoms with Gasteiger partial charge >= 0.3 is 0 Å². The summed E-state index contributed by atoms with van der Waals surface area (Å²) in [6.45, 7) is 5.47. The molecule has 1 aliphatic rings. The van der Waals surface area contributed by atoms with E-state index in [4.69, 9.17) is 23.2 Å². The zero-order chi connectivity index (χ0) is 13.8. The molecule has 0 amide bonds. The fourth-order valence-electron chi connectivity index (χ4n) is 2.72. The predicted octanol–water partition coefficient (Wildman–Crippen LogP) is 4.15. The van der Waals surface area contributed by atoms with Gasteiger partial charge in [-0.25, -0.2) is 0 Å². The molecule has 0 aromatic heterocycles. The summed E-state index contributed by atoms with van der Waals surface area (Å²) in [6, 6.07) is 5.24. The Morgan fingerprint density at radius 3 is 2.95 bits per heavy atom. The monoisotopic (exact) mass is 301 g/mol. The molecule has 0 aliphatic carbocycles. The first kappa shape index (κ1) is 15.1. The summed E-state index contributed by atoms with van der Waals surface area (Å²) in [6.07, 6.45) is 2.74. The van der Waals surface area contributed by atoms with Gasteiger partial charge in [0.2, 0.25) is 0 Å². The molecular formula is C15H21Cl2NO. The Hall–Kier alpha value is -0.280. The smallest absolute Gasteiger partial charge is 0.0817 e. The van der Waals surface area contributed by atoms with Gasteiger partial charge in [0.1, 0.15) is 0 Å². The van der Waals surface area contributed by atoms with Crippen LogP contribution in [0.1, 0.15) is 37.9 Å². The molecule has 0 saturated carbocycles. The summed E-state index contributed by atoms with van der Waals surface area (Å²) in [5, 5.41) is 11.5. The second-order valence-corrected chi connectivity index (χ2v) is 6.36.